The van der Waals surface area contributed by atoms with Gasteiger partial charge in [0.15, 0.2) is 0 Å². The highest BCUT2D eigenvalue weighted by Crippen LogP contribution is 1.94. The molecule has 0 spiro atoms. The molecule has 0 heterocycles. The van der Waals surface area contributed by atoms with Crippen LogP contribution in [0.4, 0.5) is 0 Å². The number of Topliss-reactive ketones (excluding diaryl/α,β-unsaturated/α-hetero) is 1. The predicted molar refractivity (Wildman–Crippen MR) is 46.7 cm³/mol. The van der Waals surface area contributed by atoms with Gasteiger partial charge in [0, 0.05) is 0 Å². The zero-order chi connectivity index (χ0) is 10.3. The second-order valence-corrected chi connectivity index (χ2v) is 2.41. The van der Waals surface area contributed by atoms with Gasteiger partial charge >= 0.3 is 5.97 Å². The largest absolute Gasteiger partial charge is 0.469 e. The van der Waals surface area contributed by atoms with Crippen molar-refractivity contribution in [1.82, 2.24) is 5.23 Å². The van der Waals surface area contributed by atoms with Gasteiger partial charge < -0.3 is 14.8 Å². The van der Waals surface area contributed by atoms with Crippen molar-refractivity contribution in [3.05, 3.63) is 0 Å². The molecule has 6 heteroatoms. The van der Waals surface area contributed by atoms with Crippen LogP contribution in [0.5, 0.6) is 0 Å². The van der Waals surface area contributed by atoms with Crippen molar-refractivity contribution in [3.63, 3.8) is 0 Å². The first-order valence-electron chi connectivity index (χ1n) is 3.72. The van der Waals surface area contributed by atoms with Crippen LogP contribution in [-0.2, 0) is 19.1 Å². The Bertz CT molecular complexity index is 207. The van der Waals surface area contributed by atoms with Crippen molar-refractivity contribution in [1.29, 1.82) is 0 Å². The van der Waals surface area contributed by atoms with Crippen molar-refractivity contribution in [2.24, 2.45) is 0 Å². The molecule has 0 amide bonds. The summed E-state index contributed by atoms with van der Waals surface area (Å²) in [4.78, 5) is 31.6. The normalized spacial score (nSPS) is 11.5. The molecular formula is C7H11BNO4. The lowest BCUT2D eigenvalue weighted by molar-refractivity contribution is -0.142. The fraction of sp³-hybridized carbons (Fsp3) is 0.571. The van der Waals surface area contributed by atoms with Crippen LogP contribution in [-0.4, -0.2) is 38.5 Å². The first-order chi connectivity index (χ1) is 6.11. The average Bonchev–Trinajstić information content (AvgIpc) is 2.11. The Morgan fingerprint density at radius 3 is 2.62 bits per heavy atom. The van der Waals surface area contributed by atoms with Crippen LogP contribution in [0.1, 0.15) is 13.3 Å². The average molecular weight is 184 g/mol. The lowest BCUT2D eigenvalue weighted by atomic mass is 9.94. The topological polar surface area (TPSA) is 72.5 Å². The smallest absolute Gasteiger partial charge is 0.307 e. The third kappa shape index (κ3) is 5.13. The molecule has 1 atom stereocenters. The first-order valence-corrected chi connectivity index (χ1v) is 3.72. The number of hydrogen-bond donors (Lipinski definition) is 1. The summed E-state index contributed by atoms with van der Waals surface area (Å²) in [6.07, 6.45) is 0.434. The SMILES string of the molecule is COC(=O)C[C@H](N[B]C=O)C(C)=O. The van der Waals surface area contributed by atoms with Crippen molar-refractivity contribution in [3.8, 4) is 0 Å². The van der Waals surface area contributed by atoms with E-state index in [4.69, 9.17) is 0 Å². The highest BCUT2D eigenvalue weighted by molar-refractivity contribution is 6.64. The minimum absolute atomic E-state index is 0.0732. The van der Waals surface area contributed by atoms with Gasteiger partial charge in [0.25, 0.3) is 7.41 Å². The molecule has 1 radical (unpaired) electrons. The monoisotopic (exact) mass is 184 g/mol. The Kier molecular flexibility index (Phi) is 5.79. The number of nitrogens with one attached hydrogen (secondary N) is 1. The van der Waals surface area contributed by atoms with Crippen LogP contribution >= 0.6 is 0 Å². The molecule has 13 heavy (non-hydrogen) atoms. The van der Waals surface area contributed by atoms with Gasteiger partial charge in [0.05, 0.1) is 25.8 Å². The number of esters is 1. The molecule has 0 saturated heterocycles. The second kappa shape index (κ2) is 6.36. The first kappa shape index (κ1) is 11.8. The van der Waals surface area contributed by atoms with E-state index < -0.39 is 12.0 Å². The van der Waals surface area contributed by atoms with E-state index in [-0.39, 0.29) is 12.2 Å². The van der Waals surface area contributed by atoms with E-state index in [2.05, 4.69) is 9.96 Å². The minimum atomic E-state index is -0.683. The third-order valence-electron chi connectivity index (χ3n) is 1.45. The molecule has 1 N–H and O–H groups in total. The fourth-order valence-electron chi connectivity index (χ4n) is 0.725. The van der Waals surface area contributed by atoms with Crippen molar-refractivity contribution < 1.29 is 19.1 Å². The molecule has 0 aromatic rings. The van der Waals surface area contributed by atoms with E-state index in [0.29, 0.717) is 6.19 Å². The van der Waals surface area contributed by atoms with E-state index in [1.54, 1.807) is 0 Å². The highest BCUT2D eigenvalue weighted by Gasteiger charge is 2.17. The number of methoxy groups -OCH3 is 1. The van der Waals surface area contributed by atoms with Crippen LogP contribution < -0.4 is 5.23 Å². The molecular weight excluding hydrogens is 173 g/mol. The Hall–Kier alpha value is -1.17. The number of hydrogen-bond acceptors (Lipinski definition) is 5. The van der Waals surface area contributed by atoms with Crippen molar-refractivity contribution >= 4 is 25.4 Å². The van der Waals surface area contributed by atoms with Gasteiger partial charge in [-0.05, 0) is 6.92 Å². The molecule has 0 unspecified atom stereocenters. The summed E-state index contributed by atoms with van der Waals surface area (Å²) in [5.41, 5.74) is 0. The van der Waals surface area contributed by atoms with Crippen molar-refractivity contribution in [2.75, 3.05) is 7.11 Å². The molecule has 0 aromatic heterocycles. The summed E-state index contributed by atoms with van der Waals surface area (Å²) in [7, 11) is 2.32. The van der Waals surface area contributed by atoms with E-state index in [1.807, 2.05) is 0 Å². The molecule has 71 valence electrons. The molecule has 0 saturated carbocycles. The Labute approximate surface area is 77.1 Å². The van der Waals surface area contributed by atoms with Gasteiger partial charge in [0.2, 0.25) is 0 Å². The fourth-order valence-corrected chi connectivity index (χ4v) is 0.725. The van der Waals surface area contributed by atoms with Gasteiger partial charge in [-0.1, -0.05) is 0 Å². The number of ketones is 1. The summed E-state index contributed by atoms with van der Waals surface area (Å²) < 4.78 is 4.38. The maximum absolute atomic E-state index is 10.9. The summed E-state index contributed by atoms with van der Waals surface area (Å²) in [5, 5.41) is 2.49. The van der Waals surface area contributed by atoms with Crippen molar-refractivity contribution in [2.45, 2.75) is 19.4 Å². The summed E-state index contributed by atoms with van der Waals surface area (Å²) in [5.74, 6) is -0.713. The van der Waals surface area contributed by atoms with Gasteiger partial charge in [-0.15, -0.1) is 0 Å². The Morgan fingerprint density at radius 1 is 1.62 bits per heavy atom. The molecule has 0 fully saturated rings. The Morgan fingerprint density at radius 2 is 2.23 bits per heavy atom. The molecule has 0 bridgehead atoms. The van der Waals surface area contributed by atoms with E-state index in [1.165, 1.54) is 14.0 Å². The third-order valence-corrected chi connectivity index (χ3v) is 1.45. The molecule has 5 nitrogen and oxygen atoms in total. The lowest BCUT2D eigenvalue weighted by Gasteiger charge is -2.11. The number of rotatable bonds is 6. The van der Waals surface area contributed by atoms with Crippen LogP contribution in [0.25, 0.3) is 0 Å². The van der Waals surface area contributed by atoms with E-state index in [9.17, 15) is 14.4 Å². The summed E-state index contributed by atoms with van der Waals surface area (Å²) in [6.45, 7) is 1.33. The number of carbonyl (C=O) groups excluding carboxylic acids is 3. The predicted octanol–water partition coefficient (Wildman–Crippen LogP) is -1.09. The van der Waals surface area contributed by atoms with Crippen LogP contribution in [0.15, 0.2) is 0 Å². The summed E-state index contributed by atoms with van der Waals surface area (Å²) >= 11 is 0. The van der Waals surface area contributed by atoms with Gasteiger partial charge in [-0.25, -0.2) is 0 Å². The molecule has 0 aliphatic rings. The molecule has 0 aliphatic heterocycles. The molecule has 0 aromatic carbocycles. The minimum Gasteiger partial charge on any atom is -0.469 e. The van der Waals surface area contributed by atoms with Crippen LogP contribution in [0.2, 0.25) is 0 Å². The van der Waals surface area contributed by atoms with Gasteiger partial charge in [-0.3, -0.25) is 9.59 Å². The number of ether oxygens (including phenoxy) is 1. The van der Waals surface area contributed by atoms with E-state index >= 15 is 0 Å². The zero-order valence-corrected chi connectivity index (χ0v) is 7.57. The molecule has 0 aliphatic carbocycles. The maximum atomic E-state index is 10.9. The van der Waals surface area contributed by atoms with Crippen LogP contribution in [0.3, 0.4) is 0 Å². The van der Waals surface area contributed by atoms with Gasteiger partial charge in [0.1, 0.15) is 5.78 Å². The van der Waals surface area contributed by atoms with Gasteiger partial charge in [-0.2, -0.15) is 0 Å². The number of carbonyl (C=O) groups is 3. The summed E-state index contributed by atoms with van der Waals surface area (Å²) in [6, 6.07) is -0.683. The quantitative estimate of drug-likeness (QED) is 0.322. The standard InChI is InChI=1S/C7H11BNO4/c1-5(11)6(9-8-4-10)3-7(12)13-2/h4,6,9H,3H2,1-2H3/t6-/m0/s1. The van der Waals surface area contributed by atoms with E-state index in [0.717, 1.165) is 7.41 Å². The van der Waals surface area contributed by atoms with Crippen LogP contribution in [0, 0.1) is 0 Å². The Balaban J connectivity index is 4.01. The second-order valence-electron chi connectivity index (χ2n) is 2.41. The molecule has 0 rings (SSSR count). The zero-order valence-electron chi connectivity index (χ0n) is 7.57. The lowest BCUT2D eigenvalue weighted by Crippen LogP contribution is -2.40. The maximum Gasteiger partial charge on any atom is 0.307 e. The highest BCUT2D eigenvalue weighted by atomic mass is 16.5.